The van der Waals surface area contributed by atoms with Crippen molar-refractivity contribution in [1.29, 1.82) is 0 Å². The van der Waals surface area contributed by atoms with Crippen LogP contribution in [0.3, 0.4) is 0 Å². The fourth-order valence-corrected chi connectivity index (χ4v) is 3.92. The maximum absolute atomic E-state index is 9.74. The van der Waals surface area contributed by atoms with Crippen LogP contribution in [0.4, 0.5) is 0 Å². The summed E-state index contributed by atoms with van der Waals surface area (Å²) in [6.07, 6.45) is 14.8. The highest BCUT2D eigenvalue weighted by molar-refractivity contribution is 4.84. The second-order valence-corrected chi connectivity index (χ2v) is 6.47. The molecular formula is C16H31NO. The maximum atomic E-state index is 9.74. The van der Waals surface area contributed by atoms with Gasteiger partial charge in [0.25, 0.3) is 0 Å². The Bertz CT molecular complexity index is 221. The van der Waals surface area contributed by atoms with E-state index in [4.69, 9.17) is 0 Å². The molecule has 2 atom stereocenters. The van der Waals surface area contributed by atoms with Crippen LogP contribution in [0.25, 0.3) is 0 Å². The van der Waals surface area contributed by atoms with E-state index in [1.807, 2.05) is 6.92 Å². The Morgan fingerprint density at radius 3 is 2.22 bits per heavy atom. The maximum Gasteiger partial charge on any atom is 0.0527 e. The molecule has 18 heavy (non-hydrogen) atoms. The van der Waals surface area contributed by atoms with Crippen molar-refractivity contribution < 1.29 is 5.11 Å². The van der Waals surface area contributed by atoms with Crippen LogP contribution in [-0.2, 0) is 0 Å². The van der Waals surface area contributed by atoms with Gasteiger partial charge in [0.1, 0.15) is 0 Å². The van der Waals surface area contributed by atoms with E-state index in [0.29, 0.717) is 6.04 Å². The molecule has 2 aliphatic rings. The van der Waals surface area contributed by atoms with Crippen LogP contribution in [-0.4, -0.2) is 34.7 Å². The molecule has 0 amide bonds. The van der Waals surface area contributed by atoms with Gasteiger partial charge in [-0.25, -0.2) is 0 Å². The number of hydrogen-bond donors (Lipinski definition) is 1. The summed E-state index contributed by atoms with van der Waals surface area (Å²) in [4.78, 5) is 2.78. The fourth-order valence-electron chi connectivity index (χ4n) is 3.92. The Morgan fingerprint density at radius 2 is 1.56 bits per heavy atom. The van der Waals surface area contributed by atoms with E-state index >= 15 is 0 Å². The van der Waals surface area contributed by atoms with E-state index in [-0.39, 0.29) is 6.10 Å². The van der Waals surface area contributed by atoms with Gasteiger partial charge in [-0.15, -0.1) is 0 Å². The molecule has 2 nitrogen and oxygen atoms in total. The van der Waals surface area contributed by atoms with E-state index in [0.717, 1.165) is 12.5 Å². The van der Waals surface area contributed by atoms with Crippen LogP contribution in [0.1, 0.15) is 77.6 Å². The van der Waals surface area contributed by atoms with Crippen LogP contribution in [0.15, 0.2) is 0 Å². The first-order valence-corrected chi connectivity index (χ1v) is 8.21. The number of hydrogen-bond acceptors (Lipinski definition) is 2. The first-order chi connectivity index (χ1) is 8.77. The lowest BCUT2D eigenvalue weighted by Gasteiger charge is -2.37. The van der Waals surface area contributed by atoms with E-state index in [2.05, 4.69) is 4.90 Å². The Kier molecular flexibility index (Phi) is 5.97. The average molecular weight is 253 g/mol. The highest BCUT2D eigenvalue weighted by atomic mass is 16.3. The second-order valence-electron chi connectivity index (χ2n) is 6.47. The topological polar surface area (TPSA) is 23.5 Å². The third kappa shape index (κ3) is 4.24. The van der Waals surface area contributed by atoms with Crippen LogP contribution >= 0.6 is 0 Å². The summed E-state index contributed by atoms with van der Waals surface area (Å²) in [6.45, 7) is 3.23. The minimum absolute atomic E-state index is 0.138. The van der Waals surface area contributed by atoms with Crippen LogP contribution < -0.4 is 0 Å². The first-order valence-electron chi connectivity index (χ1n) is 8.21. The number of nitrogens with zero attached hydrogens (tertiary/aromatic N) is 1. The highest BCUT2D eigenvalue weighted by Crippen LogP contribution is 2.29. The van der Waals surface area contributed by atoms with Gasteiger partial charge < -0.3 is 5.11 Å². The van der Waals surface area contributed by atoms with Gasteiger partial charge in [0.05, 0.1) is 6.10 Å². The predicted octanol–water partition coefficient (Wildman–Crippen LogP) is 3.72. The zero-order valence-corrected chi connectivity index (χ0v) is 12.1. The molecule has 1 saturated heterocycles. The minimum atomic E-state index is -0.138. The average Bonchev–Trinajstić information content (AvgIpc) is 2.70. The molecule has 2 fully saturated rings. The van der Waals surface area contributed by atoms with Crippen molar-refractivity contribution in [3.05, 3.63) is 0 Å². The molecule has 2 rings (SSSR count). The molecule has 1 aliphatic heterocycles. The van der Waals surface area contributed by atoms with E-state index in [1.54, 1.807) is 0 Å². The predicted molar refractivity (Wildman–Crippen MR) is 76.7 cm³/mol. The monoisotopic (exact) mass is 253 g/mol. The lowest BCUT2D eigenvalue weighted by atomic mass is 9.99. The number of aliphatic hydroxyl groups is 1. The molecule has 0 bridgehead atoms. The molecule has 0 aromatic heterocycles. The SMILES string of the molecule is CC(O)CC1CCCCCN1C1CCCCCC1. The molecule has 0 aromatic carbocycles. The Morgan fingerprint density at radius 1 is 0.944 bits per heavy atom. The Hall–Kier alpha value is -0.0800. The van der Waals surface area contributed by atoms with Gasteiger partial charge in [0, 0.05) is 12.1 Å². The lowest BCUT2D eigenvalue weighted by Crippen LogP contribution is -2.44. The van der Waals surface area contributed by atoms with Gasteiger partial charge in [0.2, 0.25) is 0 Å². The van der Waals surface area contributed by atoms with Gasteiger partial charge in [0.15, 0.2) is 0 Å². The molecule has 1 aliphatic carbocycles. The van der Waals surface area contributed by atoms with E-state index < -0.39 is 0 Å². The summed E-state index contributed by atoms with van der Waals surface area (Å²) in [6, 6.07) is 1.46. The molecule has 0 spiro atoms. The summed E-state index contributed by atoms with van der Waals surface area (Å²) in [5.74, 6) is 0. The third-order valence-electron chi connectivity index (χ3n) is 4.83. The molecule has 106 valence electrons. The molecule has 0 aromatic rings. The number of likely N-dealkylation sites (tertiary alicyclic amines) is 1. The molecule has 1 N–H and O–H groups in total. The smallest absolute Gasteiger partial charge is 0.0527 e. The zero-order chi connectivity index (χ0) is 12.8. The molecule has 1 heterocycles. The first kappa shape index (κ1) is 14.3. The zero-order valence-electron chi connectivity index (χ0n) is 12.1. The van der Waals surface area contributed by atoms with Crippen molar-refractivity contribution in [3.8, 4) is 0 Å². The van der Waals surface area contributed by atoms with Gasteiger partial charge >= 0.3 is 0 Å². The Balaban J connectivity index is 1.98. The molecule has 0 radical (unpaired) electrons. The summed E-state index contributed by atoms with van der Waals surface area (Å²) < 4.78 is 0. The summed E-state index contributed by atoms with van der Waals surface area (Å²) in [7, 11) is 0. The van der Waals surface area contributed by atoms with Crippen molar-refractivity contribution in [2.75, 3.05) is 6.54 Å². The minimum Gasteiger partial charge on any atom is -0.393 e. The van der Waals surface area contributed by atoms with Gasteiger partial charge in [-0.2, -0.15) is 0 Å². The van der Waals surface area contributed by atoms with Gasteiger partial charge in [-0.05, 0) is 45.6 Å². The van der Waals surface area contributed by atoms with Gasteiger partial charge in [-0.1, -0.05) is 38.5 Å². The lowest BCUT2D eigenvalue weighted by molar-refractivity contribution is 0.0762. The molecular weight excluding hydrogens is 222 g/mol. The summed E-state index contributed by atoms with van der Waals surface area (Å²) >= 11 is 0. The van der Waals surface area contributed by atoms with Crippen molar-refractivity contribution in [2.24, 2.45) is 0 Å². The normalized spacial score (nSPS) is 30.7. The molecule has 2 unspecified atom stereocenters. The third-order valence-corrected chi connectivity index (χ3v) is 4.83. The van der Waals surface area contributed by atoms with Crippen molar-refractivity contribution in [2.45, 2.75) is 95.7 Å². The summed E-state index contributed by atoms with van der Waals surface area (Å²) in [5.41, 5.74) is 0. The largest absolute Gasteiger partial charge is 0.393 e. The van der Waals surface area contributed by atoms with Crippen LogP contribution in [0, 0.1) is 0 Å². The van der Waals surface area contributed by atoms with Gasteiger partial charge in [-0.3, -0.25) is 4.90 Å². The molecule has 1 saturated carbocycles. The van der Waals surface area contributed by atoms with Crippen molar-refractivity contribution in [3.63, 3.8) is 0 Å². The fraction of sp³-hybridized carbons (Fsp3) is 1.00. The van der Waals surface area contributed by atoms with Crippen molar-refractivity contribution in [1.82, 2.24) is 4.90 Å². The Labute approximate surface area is 113 Å². The molecule has 2 heteroatoms. The quantitative estimate of drug-likeness (QED) is 0.775. The van der Waals surface area contributed by atoms with Crippen LogP contribution in [0.2, 0.25) is 0 Å². The van der Waals surface area contributed by atoms with E-state index in [1.165, 1.54) is 70.8 Å². The number of rotatable bonds is 3. The number of aliphatic hydroxyl groups excluding tert-OH is 1. The van der Waals surface area contributed by atoms with Crippen molar-refractivity contribution >= 4 is 0 Å². The standard InChI is InChI=1S/C16H31NO/c1-14(18)13-16-11-7-4-8-12-17(16)15-9-5-2-3-6-10-15/h14-16,18H,2-13H2,1H3. The highest BCUT2D eigenvalue weighted by Gasteiger charge is 2.28. The second kappa shape index (κ2) is 7.49. The van der Waals surface area contributed by atoms with Crippen LogP contribution in [0.5, 0.6) is 0 Å². The summed E-state index contributed by atoms with van der Waals surface area (Å²) in [5, 5.41) is 9.74. The van der Waals surface area contributed by atoms with E-state index in [9.17, 15) is 5.11 Å².